The number of rotatable bonds is 7. The van der Waals surface area contributed by atoms with E-state index in [0.717, 1.165) is 35.5 Å². The second-order valence-electron chi connectivity index (χ2n) is 6.70. The maximum Gasteiger partial charge on any atom is 0.237 e. The molecule has 5 nitrogen and oxygen atoms in total. The average Bonchev–Trinajstić information content (AvgIpc) is 3.06. The summed E-state index contributed by atoms with van der Waals surface area (Å²) in [5.41, 5.74) is 2.03. The molecule has 1 aromatic heterocycles. The Balaban J connectivity index is 1.79. The van der Waals surface area contributed by atoms with Crippen LogP contribution in [0.25, 0.3) is 11.4 Å². The minimum atomic E-state index is -0.813. The highest BCUT2D eigenvalue weighted by Gasteiger charge is 2.21. The fraction of sp³-hybridized carbons (Fsp3) is 0.286. The molecule has 1 heterocycles. The summed E-state index contributed by atoms with van der Waals surface area (Å²) in [5.74, 6) is -1.16. The fourth-order valence-corrected chi connectivity index (χ4v) is 3.71. The highest BCUT2D eigenvalue weighted by atomic mass is 32.2. The summed E-state index contributed by atoms with van der Waals surface area (Å²) in [6, 6.07) is 11.0. The minimum absolute atomic E-state index is 0.0562. The van der Waals surface area contributed by atoms with Gasteiger partial charge < -0.3 is 9.88 Å². The lowest BCUT2D eigenvalue weighted by Gasteiger charge is -2.14. The molecule has 0 fully saturated rings. The summed E-state index contributed by atoms with van der Waals surface area (Å²) >= 11 is 1.25. The standard InChI is InChI=1S/C21H22F2N4OS/c1-4-10-27-19(15-7-5-6-13(2)11-15)25-26-21(27)29-14(3)20(28)24-18-9-8-16(22)12-17(18)23/h5-9,11-12,14H,4,10H2,1-3H3,(H,24,28)/t14-/m0/s1. The van der Waals surface area contributed by atoms with Crippen LogP contribution in [0.5, 0.6) is 0 Å². The van der Waals surface area contributed by atoms with Gasteiger partial charge in [0.25, 0.3) is 0 Å². The van der Waals surface area contributed by atoms with Gasteiger partial charge in [-0.15, -0.1) is 10.2 Å². The molecule has 29 heavy (non-hydrogen) atoms. The van der Waals surface area contributed by atoms with Crippen molar-refractivity contribution >= 4 is 23.4 Å². The Labute approximate surface area is 172 Å². The summed E-state index contributed by atoms with van der Waals surface area (Å²) in [5, 5.41) is 11.2. The van der Waals surface area contributed by atoms with E-state index in [0.29, 0.717) is 11.7 Å². The number of halogens is 2. The van der Waals surface area contributed by atoms with Gasteiger partial charge in [0.2, 0.25) is 5.91 Å². The van der Waals surface area contributed by atoms with E-state index in [9.17, 15) is 13.6 Å². The number of carbonyl (C=O) groups excluding carboxylic acids is 1. The molecule has 0 aliphatic carbocycles. The molecule has 0 aliphatic heterocycles. The van der Waals surface area contributed by atoms with Gasteiger partial charge in [-0.05, 0) is 38.5 Å². The van der Waals surface area contributed by atoms with Crippen LogP contribution in [0, 0.1) is 18.6 Å². The Morgan fingerprint density at radius 2 is 2.00 bits per heavy atom. The van der Waals surface area contributed by atoms with E-state index in [1.165, 1.54) is 17.8 Å². The molecule has 1 atom stereocenters. The van der Waals surface area contributed by atoms with Crippen molar-refractivity contribution in [3.63, 3.8) is 0 Å². The van der Waals surface area contributed by atoms with Crippen LogP contribution in [-0.2, 0) is 11.3 Å². The van der Waals surface area contributed by atoms with Gasteiger partial charge in [-0.2, -0.15) is 0 Å². The number of nitrogens with zero attached hydrogens (tertiary/aromatic N) is 3. The van der Waals surface area contributed by atoms with Crippen molar-refractivity contribution in [1.82, 2.24) is 14.8 Å². The van der Waals surface area contributed by atoms with Gasteiger partial charge >= 0.3 is 0 Å². The quantitative estimate of drug-likeness (QED) is 0.547. The van der Waals surface area contributed by atoms with Crippen molar-refractivity contribution in [2.45, 2.75) is 44.1 Å². The molecule has 0 saturated heterocycles. The van der Waals surface area contributed by atoms with Crippen molar-refractivity contribution in [3.8, 4) is 11.4 Å². The molecular formula is C21H22F2N4OS. The van der Waals surface area contributed by atoms with Crippen LogP contribution in [0.4, 0.5) is 14.5 Å². The zero-order valence-electron chi connectivity index (χ0n) is 16.4. The third-order valence-electron chi connectivity index (χ3n) is 4.28. The van der Waals surface area contributed by atoms with Gasteiger partial charge in [0.05, 0.1) is 10.9 Å². The first-order valence-electron chi connectivity index (χ1n) is 9.32. The Morgan fingerprint density at radius 1 is 1.21 bits per heavy atom. The van der Waals surface area contributed by atoms with Gasteiger partial charge in [0.15, 0.2) is 11.0 Å². The molecular weight excluding hydrogens is 394 g/mol. The molecule has 0 saturated carbocycles. The number of anilines is 1. The largest absolute Gasteiger partial charge is 0.323 e. The van der Waals surface area contributed by atoms with Crippen molar-refractivity contribution in [1.29, 1.82) is 0 Å². The highest BCUT2D eigenvalue weighted by molar-refractivity contribution is 8.00. The molecule has 3 aromatic rings. The summed E-state index contributed by atoms with van der Waals surface area (Å²) in [7, 11) is 0. The number of benzene rings is 2. The third kappa shape index (κ3) is 5.00. The molecule has 8 heteroatoms. The van der Waals surface area contributed by atoms with Crippen LogP contribution in [0.15, 0.2) is 47.6 Å². The molecule has 0 bridgehead atoms. The van der Waals surface area contributed by atoms with Crippen LogP contribution >= 0.6 is 11.8 Å². The number of hydrogen-bond acceptors (Lipinski definition) is 4. The predicted molar refractivity (Wildman–Crippen MR) is 111 cm³/mol. The van der Waals surface area contributed by atoms with E-state index < -0.39 is 22.8 Å². The lowest BCUT2D eigenvalue weighted by Crippen LogP contribution is -2.23. The van der Waals surface area contributed by atoms with E-state index in [2.05, 4.69) is 22.4 Å². The number of thioether (sulfide) groups is 1. The average molecular weight is 416 g/mol. The summed E-state index contributed by atoms with van der Waals surface area (Å²) in [6.07, 6.45) is 0.881. The SMILES string of the molecule is CCCn1c(S[C@@H](C)C(=O)Nc2ccc(F)cc2F)nnc1-c1cccc(C)c1. The molecule has 1 N–H and O–H groups in total. The summed E-state index contributed by atoms with van der Waals surface area (Å²) < 4.78 is 28.8. The molecule has 1 amide bonds. The first-order chi connectivity index (χ1) is 13.9. The topological polar surface area (TPSA) is 59.8 Å². The molecule has 3 rings (SSSR count). The van der Waals surface area contributed by atoms with E-state index in [1.807, 2.05) is 35.8 Å². The second-order valence-corrected chi connectivity index (χ2v) is 8.01. The molecule has 0 spiro atoms. The van der Waals surface area contributed by atoms with E-state index in [4.69, 9.17) is 0 Å². The van der Waals surface area contributed by atoms with Crippen LogP contribution in [0.1, 0.15) is 25.8 Å². The van der Waals surface area contributed by atoms with Crippen LogP contribution in [-0.4, -0.2) is 25.9 Å². The van der Waals surface area contributed by atoms with Crippen LogP contribution < -0.4 is 5.32 Å². The summed E-state index contributed by atoms with van der Waals surface area (Å²) in [4.78, 5) is 12.5. The monoisotopic (exact) mass is 416 g/mol. The zero-order chi connectivity index (χ0) is 21.0. The van der Waals surface area contributed by atoms with Crippen LogP contribution in [0.2, 0.25) is 0 Å². The minimum Gasteiger partial charge on any atom is -0.323 e. The Hall–Kier alpha value is -2.74. The Morgan fingerprint density at radius 3 is 2.69 bits per heavy atom. The number of aryl methyl sites for hydroxylation is 1. The van der Waals surface area contributed by atoms with Gasteiger partial charge in [-0.1, -0.05) is 42.4 Å². The van der Waals surface area contributed by atoms with E-state index >= 15 is 0 Å². The number of aromatic nitrogens is 3. The van der Waals surface area contributed by atoms with Crippen molar-refractivity contribution in [3.05, 3.63) is 59.7 Å². The number of amides is 1. The maximum atomic E-state index is 13.8. The molecule has 2 aromatic carbocycles. The lowest BCUT2D eigenvalue weighted by atomic mass is 10.1. The molecule has 0 unspecified atom stereocenters. The van der Waals surface area contributed by atoms with Gasteiger partial charge in [-0.25, -0.2) is 8.78 Å². The first-order valence-corrected chi connectivity index (χ1v) is 10.2. The Kier molecular flexibility index (Phi) is 6.64. The van der Waals surface area contributed by atoms with Gasteiger partial charge in [0.1, 0.15) is 11.6 Å². The van der Waals surface area contributed by atoms with Crippen LogP contribution in [0.3, 0.4) is 0 Å². The zero-order valence-corrected chi connectivity index (χ0v) is 17.3. The third-order valence-corrected chi connectivity index (χ3v) is 5.36. The van der Waals surface area contributed by atoms with Gasteiger partial charge in [-0.3, -0.25) is 4.79 Å². The predicted octanol–water partition coefficient (Wildman–Crippen LogP) is 5.06. The molecule has 152 valence electrons. The van der Waals surface area contributed by atoms with Crippen molar-refractivity contribution in [2.24, 2.45) is 0 Å². The Bertz CT molecular complexity index is 1020. The van der Waals surface area contributed by atoms with Crippen molar-refractivity contribution < 1.29 is 13.6 Å². The lowest BCUT2D eigenvalue weighted by molar-refractivity contribution is -0.115. The summed E-state index contributed by atoms with van der Waals surface area (Å²) in [6.45, 7) is 6.49. The van der Waals surface area contributed by atoms with Gasteiger partial charge in [0, 0.05) is 18.2 Å². The number of nitrogens with one attached hydrogen (secondary N) is 1. The molecule has 0 radical (unpaired) electrons. The number of carbonyl (C=O) groups is 1. The fourth-order valence-electron chi connectivity index (χ4n) is 2.84. The van der Waals surface area contributed by atoms with Crippen molar-refractivity contribution in [2.75, 3.05) is 5.32 Å². The smallest absolute Gasteiger partial charge is 0.237 e. The normalized spacial score (nSPS) is 12.0. The first kappa shape index (κ1) is 21.0. The number of hydrogen-bond donors (Lipinski definition) is 1. The van der Waals surface area contributed by atoms with E-state index in [1.54, 1.807) is 6.92 Å². The van der Waals surface area contributed by atoms with E-state index in [-0.39, 0.29) is 5.69 Å². The second kappa shape index (κ2) is 9.17. The maximum absolute atomic E-state index is 13.8. The molecule has 0 aliphatic rings. The highest BCUT2D eigenvalue weighted by Crippen LogP contribution is 2.28.